The van der Waals surface area contributed by atoms with E-state index in [4.69, 9.17) is 9.47 Å². The van der Waals surface area contributed by atoms with Crippen LogP contribution in [-0.4, -0.2) is 24.8 Å². The Morgan fingerprint density at radius 2 is 1.71 bits per heavy atom. The largest absolute Gasteiger partial charge is 0.497 e. The van der Waals surface area contributed by atoms with Crippen LogP contribution in [0, 0.1) is 5.41 Å². The highest BCUT2D eigenvalue weighted by Crippen LogP contribution is 2.49. The average Bonchev–Trinajstić information content (AvgIpc) is 3.06. The van der Waals surface area contributed by atoms with E-state index < -0.39 is 12.0 Å². The number of benzene rings is 2. The van der Waals surface area contributed by atoms with Gasteiger partial charge in [0.05, 0.1) is 13.0 Å². The van der Waals surface area contributed by atoms with E-state index in [-0.39, 0.29) is 17.0 Å². The highest BCUT2D eigenvalue weighted by atomic mass is 16.5. The first-order chi connectivity index (χ1) is 13.4. The Labute approximate surface area is 165 Å². The lowest BCUT2D eigenvalue weighted by molar-refractivity contribution is -0.118. The van der Waals surface area contributed by atoms with Crippen LogP contribution in [-0.2, 0) is 9.53 Å². The summed E-state index contributed by atoms with van der Waals surface area (Å²) < 4.78 is 11.4. The summed E-state index contributed by atoms with van der Waals surface area (Å²) in [7, 11) is 1.61. The minimum absolute atomic E-state index is 0.0791. The summed E-state index contributed by atoms with van der Waals surface area (Å²) in [4.78, 5) is 26.3. The number of ketones is 2. The van der Waals surface area contributed by atoms with Crippen molar-refractivity contribution in [2.75, 3.05) is 7.11 Å². The molecule has 0 radical (unpaired) electrons. The number of ether oxygens (including phenoxy) is 2. The van der Waals surface area contributed by atoms with E-state index in [2.05, 4.69) is 13.8 Å². The molecular formula is C24H24O4. The van der Waals surface area contributed by atoms with Crippen LogP contribution in [0.1, 0.15) is 48.5 Å². The van der Waals surface area contributed by atoms with Gasteiger partial charge in [0.25, 0.3) is 0 Å². The van der Waals surface area contributed by atoms with Crippen molar-refractivity contribution < 1.29 is 19.1 Å². The zero-order valence-corrected chi connectivity index (χ0v) is 16.4. The second kappa shape index (κ2) is 6.93. The lowest BCUT2D eigenvalue weighted by Gasteiger charge is -2.29. The minimum Gasteiger partial charge on any atom is -0.497 e. The lowest BCUT2D eigenvalue weighted by Crippen LogP contribution is -2.29. The summed E-state index contributed by atoms with van der Waals surface area (Å²) in [5.74, 6) is 1.00. The number of hydrogen-bond donors (Lipinski definition) is 0. The van der Waals surface area contributed by atoms with Crippen molar-refractivity contribution in [3.63, 3.8) is 0 Å². The predicted molar refractivity (Wildman–Crippen MR) is 106 cm³/mol. The Morgan fingerprint density at radius 1 is 1.04 bits per heavy atom. The molecule has 4 heteroatoms. The summed E-state index contributed by atoms with van der Waals surface area (Å²) in [5.41, 5.74) is 2.00. The molecule has 2 aromatic carbocycles. The molecular weight excluding hydrogens is 352 g/mol. The average molecular weight is 376 g/mol. The standard InChI is InChI=1S/C24H24O4/c1-24(2)13-18(25)21-19(14-24)28-23(22(26)16-7-5-4-6-8-16)20(21)15-9-11-17(27-3)12-10-15/h4-12,20,23H,13-14H2,1-3H3/t20-,23-/m0/s1. The second-order valence-electron chi connectivity index (χ2n) is 8.30. The molecule has 0 fully saturated rings. The van der Waals surface area contributed by atoms with Gasteiger partial charge in [0.1, 0.15) is 11.5 Å². The molecule has 144 valence electrons. The van der Waals surface area contributed by atoms with Gasteiger partial charge < -0.3 is 9.47 Å². The molecule has 0 saturated carbocycles. The maximum Gasteiger partial charge on any atom is 0.204 e. The molecule has 0 amide bonds. The van der Waals surface area contributed by atoms with Crippen molar-refractivity contribution in [3.8, 4) is 5.75 Å². The SMILES string of the molecule is COc1ccc([C@H]2C3=C(CC(C)(C)CC3=O)O[C@@H]2C(=O)c2ccccc2)cc1. The van der Waals surface area contributed by atoms with Gasteiger partial charge in [0.2, 0.25) is 5.78 Å². The van der Waals surface area contributed by atoms with Gasteiger partial charge in [-0.15, -0.1) is 0 Å². The van der Waals surface area contributed by atoms with Crippen molar-refractivity contribution in [2.24, 2.45) is 5.41 Å². The molecule has 0 aromatic heterocycles. The van der Waals surface area contributed by atoms with Crippen molar-refractivity contribution in [1.29, 1.82) is 0 Å². The molecule has 28 heavy (non-hydrogen) atoms. The van der Waals surface area contributed by atoms with Crippen LogP contribution in [0.3, 0.4) is 0 Å². The number of hydrogen-bond acceptors (Lipinski definition) is 4. The number of carbonyl (C=O) groups is 2. The van der Waals surface area contributed by atoms with Gasteiger partial charge in [-0.2, -0.15) is 0 Å². The Bertz CT molecular complexity index is 938. The van der Waals surface area contributed by atoms with E-state index in [0.29, 0.717) is 29.7 Å². The molecule has 4 rings (SSSR count). The summed E-state index contributed by atoms with van der Waals surface area (Å²) in [6.45, 7) is 4.12. The van der Waals surface area contributed by atoms with E-state index in [1.54, 1.807) is 19.2 Å². The molecule has 0 spiro atoms. The molecule has 1 aliphatic heterocycles. The van der Waals surface area contributed by atoms with E-state index in [0.717, 1.165) is 11.3 Å². The van der Waals surface area contributed by atoms with Crippen LogP contribution in [0.2, 0.25) is 0 Å². The van der Waals surface area contributed by atoms with Crippen molar-refractivity contribution in [2.45, 2.75) is 38.7 Å². The first-order valence-corrected chi connectivity index (χ1v) is 9.56. The maximum absolute atomic E-state index is 13.3. The first kappa shape index (κ1) is 18.5. The number of methoxy groups -OCH3 is 1. The van der Waals surface area contributed by atoms with Crippen LogP contribution in [0.5, 0.6) is 5.75 Å². The Balaban J connectivity index is 1.78. The smallest absolute Gasteiger partial charge is 0.204 e. The van der Waals surface area contributed by atoms with E-state index >= 15 is 0 Å². The molecule has 1 heterocycles. The molecule has 2 aromatic rings. The number of carbonyl (C=O) groups excluding carboxylic acids is 2. The molecule has 0 saturated heterocycles. The third kappa shape index (κ3) is 3.24. The van der Waals surface area contributed by atoms with Crippen LogP contribution in [0.15, 0.2) is 65.9 Å². The molecule has 2 atom stereocenters. The topological polar surface area (TPSA) is 52.6 Å². The van der Waals surface area contributed by atoms with Gasteiger partial charge >= 0.3 is 0 Å². The third-order valence-electron chi connectivity index (χ3n) is 5.55. The van der Waals surface area contributed by atoms with E-state index in [1.165, 1.54) is 0 Å². The number of rotatable bonds is 4. The van der Waals surface area contributed by atoms with Crippen molar-refractivity contribution in [3.05, 3.63) is 77.1 Å². The minimum atomic E-state index is -0.723. The van der Waals surface area contributed by atoms with Crippen molar-refractivity contribution in [1.82, 2.24) is 0 Å². The van der Waals surface area contributed by atoms with Gasteiger partial charge in [-0.1, -0.05) is 56.3 Å². The second-order valence-corrected chi connectivity index (χ2v) is 8.30. The zero-order valence-electron chi connectivity index (χ0n) is 16.4. The van der Waals surface area contributed by atoms with Gasteiger partial charge in [0.15, 0.2) is 11.9 Å². The summed E-state index contributed by atoms with van der Waals surface area (Å²) in [6.07, 6.45) is 0.409. The summed E-state index contributed by atoms with van der Waals surface area (Å²) >= 11 is 0. The number of allylic oxidation sites excluding steroid dienone is 1. The fraction of sp³-hybridized carbons (Fsp3) is 0.333. The van der Waals surface area contributed by atoms with Gasteiger partial charge in [-0.25, -0.2) is 0 Å². The molecule has 2 aliphatic rings. The van der Waals surface area contributed by atoms with Gasteiger partial charge in [-0.3, -0.25) is 9.59 Å². The quantitative estimate of drug-likeness (QED) is 0.726. The molecule has 4 nitrogen and oxygen atoms in total. The van der Waals surface area contributed by atoms with Crippen LogP contribution < -0.4 is 4.74 Å². The summed E-state index contributed by atoms with van der Waals surface area (Å²) in [6, 6.07) is 16.7. The highest BCUT2D eigenvalue weighted by Gasteiger charge is 2.48. The molecule has 0 N–H and O–H groups in total. The fourth-order valence-corrected chi connectivity index (χ4v) is 4.23. The molecule has 0 bridgehead atoms. The Morgan fingerprint density at radius 3 is 2.36 bits per heavy atom. The van der Waals surface area contributed by atoms with Crippen LogP contribution in [0.25, 0.3) is 0 Å². The normalized spacial score (nSPS) is 23.2. The van der Waals surface area contributed by atoms with Gasteiger partial charge in [0, 0.05) is 24.0 Å². The monoisotopic (exact) mass is 376 g/mol. The van der Waals surface area contributed by atoms with E-state index in [9.17, 15) is 9.59 Å². The summed E-state index contributed by atoms with van der Waals surface area (Å²) in [5, 5.41) is 0. The van der Waals surface area contributed by atoms with Crippen LogP contribution in [0.4, 0.5) is 0 Å². The number of Topliss-reactive ketones (excluding diaryl/α,β-unsaturated/α-hetero) is 2. The van der Waals surface area contributed by atoms with Gasteiger partial charge in [-0.05, 0) is 23.1 Å². The highest BCUT2D eigenvalue weighted by molar-refractivity contribution is 6.05. The molecule has 1 aliphatic carbocycles. The first-order valence-electron chi connectivity index (χ1n) is 9.56. The Kier molecular flexibility index (Phi) is 4.58. The zero-order chi connectivity index (χ0) is 19.9. The molecule has 0 unspecified atom stereocenters. The van der Waals surface area contributed by atoms with Crippen molar-refractivity contribution >= 4 is 11.6 Å². The van der Waals surface area contributed by atoms with E-state index in [1.807, 2.05) is 42.5 Å². The van der Waals surface area contributed by atoms with Crippen LogP contribution >= 0.6 is 0 Å². The Hall–Kier alpha value is -2.88. The lowest BCUT2D eigenvalue weighted by atomic mass is 9.72. The fourth-order valence-electron chi connectivity index (χ4n) is 4.23. The predicted octanol–water partition coefficient (Wildman–Crippen LogP) is 4.70. The third-order valence-corrected chi connectivity index (χ3v) is 5.55. The maximum atomic E-state index is 13.3.